The first-order chi connectivity index (χ1) is 12.6. The van der Waals surface area contributed by atoms with E-state index in [1.54, 1.807) is 60.9 Å². The fourth-order valence-corrected chi connectivity index (χ4v) is 2.30. The average molecular weight is 355 g/mol. The van der Waals surface area contributed by atoms with Crippen LogP contribution in [0.1, 0.15) is 10.4 Å². The predicted octanol–water partition coefficient (Wildman–Crippen LogP) is 4.68. The van der Waals surface area contributed by atoms with Crippen LogP contribution in [0.25, 0.3) is 0 Å². The number of ether oxygens (including phenoxy) is 1. The second-order valence-electron chi connectivity index (χ2n) is 5.27. The number of halogens is 2. The first kappa shape index (κ1) is 17.3. The highest BCUT2D eigenvalue weighted by Gasteiger charge is 2.12. The van der Waals surface area contributed by atoms with E-state index in [0.717, 1.165) is 0 Å². The number of benzene rings is 2. The number of amides is 1. The van der Waals surface area contributed by atoms with Crippen molar-refractivity contribution in [2.24, 2.45) is 0 Å². The summed E-state index contributed by atoms with van der Waals surface area (Å²) in [5, 5.41) is 5.87. The molecule has 0 aliphatic heterocycles. The minimum Gasteiger partial charge on any atom is -0.435 e. The van der Waals surface area contributed by atoms with Crippen LogP contribution in [0.5, 0.6) is 5.75 Å². The SMILES string of the molecule is O=C(Nc1cccnc1)c1ccccc1Nc1ccc(OC(F)F)cc1. The number of aromatic nitrogens is 1. The zero-order valence-corrected chi connectivity index (χ0v) is 13.5. The number of nitrogens with one attached hydrogen (secondary N) is 2. The molecule has 0 saturated carbocycles. The first-order valence-corrected chi connectivity index (χ1v) is 7.74. The van der Waals surface area contributed by atoms with Crippen LogP contribution in [0, 0.1) is 0 Å². The molecule has 0 saturated heterocycles. The number of para-hydroxylation sites is 1. The molecule has 1 amide bonds. The van der Waals surface area contributed by atoms with Crippen LogP contribution < -0.4 is 15.4 Å². The van der Waals surface area contributed by atoms with E-state index in [4.69, 9.17) is 0 Å². The second kappa shape index (κ2) is 8.06. The van der Waals surface area contributed by atoms with Crippen molar-refractivity contribution in [3.63, 3.8) is 0 Å². The van der Waals surface area contributed by atoms with Gasteiger partial charge >= 0.3 is 6.61 Å². The smallest absolute Gasteiger partial charge is 0.387 e. The second-order valence-corrected chi connectivity index (χ2v) is 5.27. The quantitative estimate of drug-likeness (QED) is 0.674. The van der Waals surface area contributed by atoms with Gasteiger partial charge < -0.3 is 15.4 Å². The van der Waals surface area contributed by atoms with Crippen molar-refractivity contribution in [3.05, 3.63) is 78.6 Å². The largest absolute Gasteiger partial charge is 0.435 e. The Balaban J connectivity index is 1.75. The Morgan fingerprint density at radius 2 is 1.73 bits per heavy atom. The Hall–Kier alpha value is -3.48. The van der Waals surface area contributed by atoms with Crippen molar-refractivity contribution in [1.82, 2.24) is 4.98 Å². The third-order valence-corrected chi connectivity index (χ3v) is 3.45. The number of hydrogen-bond acceptors (Lipinski definition) is 4. The molecule has 0 aliphatic rings. The van der Waals surface area contributed by atoms with Gasteiger partial charge in [-0.1, -0.05) is 12.1 Å². The normalized spacial score (nSPS) is 10.4. The fourth-order valence-electron chi connectivity index (χ4n) is 2.30. The summed E-state index contributed by atoms with van der Waals surface area (Å²) in [6.07, 6.45) is 3.17. The highest BCUT2D eigenvalue weighted by atomic mass is 19.3. The van der Waals surface area contributed by atoms with E-state index in [2.05, 4.69) is 20.4 Å². The van der Waals surface area contributed by atoms with Crippen molar-refractivity contribution in [3.8, 4) is 5.75 Å². The molecular formula is C19H15F2N3O2. The van der Waals surface area contributed by atoms with Crippen molar-refractivity contribution >= 4 is 23.0 Å². The molecular weight excluding hydrogens is 340 g/mol. The van der Waals surface area contributed by atoms with E-state index in [0.29, 0.717) is 22.6 Å². The minimum atomic E-state index is -2.87. The summed E-state index contributed by atoms with van der Waals surface area (Å²) in [6.45, 7) is -2.87. The van der Waals surface area contributed by atoms with Crippen LogP contribution >= 0.6 is 0 Å². The molecule has 5 nitrogen and oxygen atoms in total. The van der Waals surface area contributed by atoms with Crippen LogP contribution in [-0.2, 0) is 0 Å². The number of hydrogen-bond donors (Lipinski definition) is 2. The van der Waals surface area contributed by atoms with E-state index in [1.807, 2.05) is 0 Å². The summed E-state index contributed by atoms with van der Waals surface area (Å²) in [4.78, 5) is 16.5. The maximum absolute atomic E-state index is 12.5. The molecule has 1 heterocycles. The molecule has 0 unspecified atom stereocenters. The maximum Gasteiger partial charge on any atom is 0.387 e. The van der Waals surface area contributed by atoms with Crippen LogP contribution in [0.15, 0.2) is 73.1 Å². The summed E-state index contributed by atoms with van der Waals surface area (Å²) in [5.74, 6) is -0.230. The molecule has 0 spiro atoms. The number of rotatable bonds is 6. The van der Waals surface area contributed by atoms with E-state index >= 15 is 0 Å². The number of anilines is 3. The molecule has 0 aliphatic carbocycles. The lowest BCUT2D eigenvalue weighted by Gasteiger charge is -2.13. The third-order valence-electron chi connectivity index (χ3n) is 3.45. The molecule has 26 heavy (non-hydrogen) atoms. The first-order valence-electron chi connectivity index (χ1n) is 7.74. The van der Waals surface area contributed by atoms with Crippen LogP contribution in [-0.4, -0.2) is 17.5 Å². The predicted molar refractivity (Wildman–Crippen MR) is 95.0 cm³/mol. The van der Waals surface area contributed by atoms with E-state index < -0.39 is 6.61 Å². The molecule has 3 aromatic rings. The lowest BCUT2D eigenvalue weighted by molar-refractivity contribution is -0.0498. The monoisotopic (exact) mass is 355 g/mol. The third kappa shape index (κ3) is 4.54. The van der Waals surface area contributed by atoms with E-state index in [-0.39, 0.29) is 11.7 Å². The molecule has 0 fully saturated rings. The Kier molecular flexibility index (Phi) is 5.38. The van der Waals surface area contributed by atoms with Gasteiger partial charge in [0.05, 0.1) is 23.1 Å². The van der Waals surface area contributed by atoms with Gasteiger partial charge in [0.15, 0.2) is 0 Å². The van der Waals surface area contributed by atoms with Gasteiger partial charge in [0.2, 0.25) is 0 Å². The molecule has 0 radical (unpaired) electrons. The van der Waals surface area contributed by atoms with Gasteiger partial charge in [-0.15, -0.1) is 0 Å². The Bertz CT molecular complexity index is 871. The summed E-state index contributed by atoms with van der Waals surface area (Å²) in [6, 6.07) is 16.5. The number of carbonyl (C=O) groups is 1. The standard InChI is InChI=1S/C19H15F2N3O2/c20-19(21)26-15-9-7-13(8-10-15)23-17-6-2-1-5-16(17)18(25)24-14-4-3-11-22-12-14/h1-12,19,23H,(H,24,25). The highest BCUT2D eigenvalue weighted by molar-refractivity contribution is 6.08. The van der Waals surface area contributed by atoms with Gasteiger partial charge in [0, 0.05) is 11.9 Å². The summed E-state index contributed by atoms with van der Waals surface area (Å²) in [5.41, 5.74) is 2.23. The van der Waals surface area contributed by atoms with Gasteiger partial charge in [-0.05, 0) is 48.5 Å². The summed E-state index contributed by atoms with van der Waals surface area (Å²) < 4.78 is 28.7. The number of pyridine rings is 1. The molecule has 3 rings (SSSR count). The Morgan fingerprint density at radius 1 is 0.962 bits per heavy atom. The van der Waals surface area contributed by atoms with Crippen LogP contribution in [0.4, 0.5) is 25.8 Å². The molecule has 2 aromatic carbocycles. The Morgan fingerprint density at radius 3 is 2.42 bits per heavy atom. The van der Waals surface area contributed by atoms with Gasteiger partial charge in [-0.2, -0.15) is 8.78 Å². The molecule has 132 valence electrons. The minimum absolute atomic E-state index is 0.0631. The highest BCUT2D eigenvalue weighted by Crippen LogP contribution is 2.24. The van der Waals surface area contributed by atoms with Crippen molar-refractivity contribution in [2.75, 3.05) is 10.6 Å². The maximum atomic E-state index is 12.5. The van der Waals surface area contributed by atoms with Gasteiger partial charge in [-0.25, -0.2) is 0 Å². The van der Waals surface area contributed by atoms with Crippen molar-refractivity contribution < 1.29 is 18.3 Å². The lowest BCUT2D eigenvalue weighted by atomic mass is 10.1. The van der Waals surface area contributed by atoms with Crippen LogP contribution in [0.3, 0.4) is 0 Å². The van der Waals surface area contributed by atoms with Crippen molar-refractivity contribution in [1.29, 1.82) is 0 Å². The lowest BCUT2D eigenvalue weighted by Crippen LogP contribution is -2.13. The molecule has 2 N–H and O–H groups in total. The summed E-state index contributed by atoms with van der Waals surface area (Å²) >= 11 is 0. The number of nitrogens with zero attached hydrogens (tertiary/aromatic N) is 1. The molecule has 7 heteroatoms. The average Bonchev–Trinajstić information content (AvgIpc) is 2.64. The van der Waals surface area contributed by atoms with Gasteiger partial charge in [0.1, 0.15) is 5.75 Å². The van der Waals surface area contributed by atoms with Gasteiger partial charge in [0.25, 0.3) is 5.91 Å². The zero-order chi connectivity index (χ0) is 18.4. The number of carbonyl (C=O) groups excluding carboxylic acids is 1. The Labute approximate surface area is 148 Å². The fraction of sp³-hybridized carbons (Fsp3) is 0.0526. The van der Waals surface area contributed by atoms with Crippen molar-refractivity contribution in [2.45, 2.75) is 6.61 Å². The molecule has 0 atom stereocenters. The molecule has 0 bridgehead atoms. The summed E-state index contributed by atoms with van der Waals surface area (Å²) in [7, 11) is 0. The van der Waals surface area contributed by atoms with Gasteiger partial charge in [-0.3, -0.25) is 9.78 Å². The number of alkyl halides is 2. The van der Waals surface area contributed by atoms with Crippen LogP contribution in [0.2, 0.25) is 0 Å². The molecule has 1 aromatic heterocycles. The van der Waals surface area contributed by atoms with E-state index in [9.17, 15) is 13.6 Å². The topological polar surface area (TPSA) is 63.2 Å². The van der Waals surface area contributed by atoms with E-state index in [1.165, 1.54) is 12.1 Å². The zero-order valence-electron chi connectivity index (χ0n) is 13.5.